The molecule has 0 aliphatic rings. The summed E-state index contributed by atoms with van der Waals surface area (Å²) in [6, 6.07) is 57.4. The summed E-state index contributed by atoms with van der Waals surface area (Å²) in [6.07, 6.45) is 0. The van der Waals surface area contributed by atoms with Gasteiger partial charge < -0.3 is 0 Å². The molecule has 0 spiro atoms. The highest BCUT2D eigenvalue weighted by Crippen LogP contribution is 2.35. The third kappa shape index (κ3) is 4.08. The lowest BCUT2D eigenvalue weighted by Crippen LogP contribution is -2.10. The fourth-order valence-corrected chi connectivity index (χ4v) is 7.17. The third-order valence-corrected chi connectivity index (χ3v) is 9.38. The van der Waals surface area contributed by atoms with Crippen molar-refractivity contribution in [3.05, 3.63) is 164 Å². The Labute approximate surface area is 276 Å². The van der Waals surface area contributed by atoms with Crippen LogP contribution in [-0.4, -0.2) is 24.1 Å². The van der Waals surface area contributed by atoms with E-state index in [2.05, 4.69) is 173 Å². The van der Waals surface area contributed by atoms with Crippen molar-refractivity contribution < 1.29 is 0 Å². The van der Waals surface area contributed by atoms with E-state index in [1.807, 2.05) is 0 Å². The zero-order valence-electron chi connectivity index (χ0n) is 25.8. The SMILES string of the molecule is c1cc(-c2ccc3ccccc3c2)cc(-c2nc(-n3c4ccccc4c4ccccc43)nc(-n3c4ccccc4c4ccccc43)n2)c1. The average Bonchev–Trinajstić information content (AvgIpc) is 3.68. The molecule has 5 heteroatoms. The number of benzene rings is 7. The van der Waals surface area contributed by atoms with E-state index < -0.39 is 0 Å². The number of hydrogen-bond acceptors (Lipinski definition) is 3. The highest BCUT2D eigenvalue weighted by atomic mass is 15.3. The summed E-state index contributed by atoms with van der Waals surface area (Å²) in [5, 5.41) is 7.07. The van der Waals surface area contributed by atoms with E-state index in [9.17, 15) is 0 Å². The van der Waals surface area contributed by atoms with Gasteiger partial charge in [-0.25, -0.2) is 0 Å². The van der Waals surface area contributed by atoms with Crippen LogP contribution in [-0.2, 0) is 0 Å². The summed E-state index contributed by atoms with van der Waals surface area (Å²) < 4.78 is 4.33. The molecule has 224 valence electrons. The maximum Gasteiger partial charge on any atom is 0.240 e. The molecule has 0 unspecified atom stereocenters. The molecule has 0 atom stereocenters. The van der Waals surface area contributed by atoms with Gasteiger partial charge in [0, 0.05) is 27.1 Å². The van der Waals surface area contributed by atoms with Crippen molar-refractivity contribution in [1.82, 2.24) is 24.1 Å². The number of aromatic nitrogens is 5. The number of fused-ring (bicyclic) bond motifs is 7. The highest BCUT2D eigenvalue weighted by Gasteiger charge is 2.20. The molecule has 0 saturated carbocycles. The molecule has 0 fully saturated rings. The van der Waals surface area contributed by atoms with E-state index in [0.717, 1.165) is 60.3 Å². The smallest absolute Gasteiger partial charge is 0.240 e. The first-order chi connectivity index (χ1) is 23.8. The van der Waals surface area contributed by atoms with E-state index in [0.29, 0.717) is 17.7 Å². The molecule has 0 radical (unpaired) electrons. The molecule has 7 aromatic carbocycles. The van der Waals surface area contributed by atoms with E-state index >= 15 is 0 Å². The molecule has 10 aromatic rings. The predicted molar refractivity (Wildman–Crippen MR) is 197 cm³/mol. The van der Waals surface area contributed by atoms with Crippen LogP contribution < -0.4 is 0 Å². The minimum absolute atomic E-state index is 0.574. The monoisotopic (exact) mass is 613 g/mol. The van der Waals surface area contributed by atoms with Crippen LogP contribution in [0.1, 0.15) is 0 Å². The van der Waals surface area contributed by atoms with Gasteiger partial charge in [0.25, 0.3) is 0 Å². The van der Waals surface area contributed by atoms with Crippen molar-refractivity contribution >= 4 is 54.4 Å². The molecule has 0 N–H and O–H groups in total. The average molecular weight is 614 g/mol. The van der Waals surface area contributed by atoms with Crippen LogP contribution in [0.3, 0.4) is 0 Å². The molecule has 48 heavy (non-hydrogen) atoms. The van der Waals surface area contributed by atoms with Gasteiger partial charge in [0.15, 0.2) is 5.82 Å². The number of nitrogens with zero attached hydrogens (tertiary/aromatic N) is 5. The maximum absolute atomic E-state index is 5.26. The lowest BCUT2D eigenvalue weighted by atomic mass is 9.99. The first-order valence-electron chi connectivity index (χ1n) is 16.1. The first-order valence-corrected chi connectivity index (χ1v) is 16.1. The second kappa shape index (κ2) is 10.5. The van der Waals surface area contributed by atoms with Crippen molar-refractivity contribution in [2.75, 3.05) is 0 Å². The quantitative estimate of drug-likeness (QED) is 0.198. The lowest BCUT2D eigenvalue weighted by Gasteiger charge is -2.13. The van der Waals surface area contributed by atoms with Gasteiger partial charge in [-0.3, -0.25) is 9.13 Å². The summed E-state index contributed by atoms with van der Waals surface area (Å²) >= 11 is 0. The molecular formula is C43H27N5. The Hall–Kier alpha value is -6.59. The van der Waals surface area contributed by atoms with Crippen LogP contribution in [0.25, 0.3) is 88.8 Å². The van der Waals surface area contributed by atoms with Gasteiger partial charge in [-0.05, 0) is 58.3 Å². The Kier molecular flexibility index (Phi) is 5.81. The fraction of sp³-hybridized carbons (Fsp3) is 0. The Morgan fingerprint density at radius 3 is 1.29 bits per heavy atom. The molecular weight excluding hydrogens is 587 g/mol. The van der Waals surface area contributed by atoms with Gasteiger partial charge in [0.1, 0.15) is 0 Å². The molecule has 3 aromatic heterocycles. The predicted octanol–water partition coefficient (Wildman–Crippen LogP) is 10.6. The molecule has 3 heterocycles. The van der Waals surface area contributed by atoms with Gasteiger partial charge in [-0.1, -0.05) is 127 Å². The second-order valence-electron chi connectivity index (χ2n) is 12.1. The van der Waals surface area contributed by atoms with Gasteiger partial charge >= 0.3 is 0 Å². The van der Waals surface area contributed by atoms with Crippen molar-refractivity contribution in [2.45, 2.75) is 0 Å². The van der Waals surface area contributed by atoms with Crippen LogP contribution in [0.2, 0.25) is 0 Å². The standard InChI is InChI=1S/C43H27N5/c1-2-13-29-26-31(25-24-28(29)12-1)30-14-11-15-32(27-30)41-44-42(47-37-20-7-3-16-33(37)34-17-4-8-21-38(34)47)46-43(45-41)48-39-22-9-5-18-35(39)36-19-6-10-23-40(36)48/h1-27H. The van der Waals surface area contributed by atoms with Crippen molar-refractivity contribution in [2.24, 2.45) is 0 Å². The highest BCUT2D eigenvalue weighted by molar-refractivity contribution is 6.10. The summed E-state index contributed by atoms with van der Waals surface area (Å²) in [6.45, 7) is 0. The Morgan fingerprint density at radius 1 is 0.312 bits per heavy atom. The molecule has 5 nitrogen and oxygen atoms in total. The number of rotatable bonds is 4. The summed E-state index contributed by atoms with van der Waals surface area (Å²) in [5.74, 6) is 1.76. The minimum Gasteiger partial charge on any atom is -0.278 e. The summed E-state index contributed by atoms with van der Waals surface area (Å²) in [7, 11) is 0. The van der Waals surface area contributed by atoms with Gasteiger partial charge in [0.2, 0.25) is 11.9 Å². The van der Waals surface area contributed by atoms with Crippen LogP contribution in [0.5, 0.6) is 0 Å². The number of para-hydroxylation sites is 4. The third-order valence-electron chi connectivity index (χ3n) is 9.38. The normalized spacial score (nSPS) is 11.8. The van der Waals surface area contributed by atoms with Gasteiger partial charge in [-0.2, -0.15) is 15.0 Å². The second-order valence-corrected chi connectivity index (χ2v) is 12.1. The zero-order valence-corrected chi connectivity index (χ0v) is 25.8. The van der Waals surface area contributed by atoms with Crippen molar-refractivity contribution in [1.29, 1.82) is 0 Å². The van der Waals surface area contributed by atoms with Gasteiger partial charge in [-0.15, -0.1) is 0 Å². The largest absolute Gasteiger partial charge is 0.278 e. The molecule has 0 aliphatic carbocycles. The van der Waals surface area contributed by atoms with Crippen molar-refractivity contribution in [3.8, 4) is 34.4 Å². The molecule has 0 saturated heterocycles. The van der Waals surface area contributed by atoms with E-state index in [1.165, 1.54) is 10.8 Å². The topological polar surface area (TPSA) is 48.5 Å². The van der Waals surface area contributed by atoms with Crippen LogP contribution >= 0.6 is 0 Å². The van der Waals surface area contributed by atoms with Crippen LogP contribution in [0, 0.1) is 0 Å². The zero-order chi connectivity index (χ0) is 31.6. The molecule has 10 rings (SSSR count). The van der Waals surface area contributed by atoms with Gasteiger partial charge in [0.05, 0.1) is 22.1 Å². The molecule has 0 aliphatic heterocycles. The van der Waals surface area contributed by atoms with E-state index in [1.54, 1.807) is 0 Å². The Balaban J connectivity index is 1.26. The summed E-state index contributed by atoms with van der Waals surface area (Å²) in [5.41, 5.74) is 7.38. The Morgan fingerprint density at radius 2 is 0.750 bits per heavy atom. The lowest BCUT2D eigenvalue weighted by molar-refractivity contribution is 0.893. The van der Waals surface area contributed by atoms with E-state index in [4.69, 9.17) is 15.0 Å². The first kappa shape index (κ1) is 26.6. The Bertz CT molecular complexity index is 2620. The summed E-state index contributed by atoms with van der Waals surface area (Å²) in [4.78, 5) is 15.7. The fourth-order valence-electron chi connectivity index (χ4n) is 7.17. The van der Waals surface area contributed by atoms with Crippen molar-refractivity contribution in [3.63, 3.8) is 0 Å². The molecule has 0 bridgehead atoms. The van der Waals surface area contributed by atoms with E-state index in [-0.39, 0.29) is 0 Å². The minimum atomic E-state index is 0.574. The maximum atomic E-state index is 5.26. The van der Waals surface area contributed by atoms with Crippen LogP contribution in [0.15, 0.2) is 164 Å². The molecule has 0 amide bonds. The van der Waals surface area contributed by atoms with Crippen LogP contribution in [0.4, 0.5) is 0 Å². The number of hydrogen-bond donors (Lipinski definition) is 0.